The van der Waals surface area contributed by atoms with Crippen molar-refractivity contribution in [3.05, 3.63) is 39.3 Å². The number of nitriles is 1. The summed E-state index contributed by atoms with van der Waals surface area (Å²) in [5.74, 6) is -0.944. The average molecular weight is 467 g/mol. The van der Waals surface area contributed by atoms with Gasteiger partial charge >= 0.3 is 6.03 Å². The lowest BCUT2D eigenvalue weighted by Gasteiger charge is -2.21. The van der Waals surface area contributed by atoms with Crippen molar-refractivity contribution in [3.8, 4) is 6.07 Å². The fourth-order valence-corrected chi connectivity index (χ4v) is 4.73. The van der Waals surface area contributed by atoms with Gasteiger partial charge in [0.15, 0.2) is 0 Å². The second kappa shape index (κ2) is 9.96. The summed E-state index contributed by atoms with van der Waals surface area (Å²) in [6.45, 7) is 10.2. The highest BCUT2D eigenvalue weighted by Crippen LogP contribution is 2.37. The highest BCUT2D eigenvalue weighted by Gasteiger charge is 2.25. The number of aliphatic hydroxyl groups is 2. The van der Waals surface area contributed by atoms with Gasteiger partial charge in [-0.3, -0.25) is 4.72 Å². The van der Waals surface area contributed by atoms with Crippen molar-refractivity contribution in [1.82, 2.24) is 9.71 Å². The first-order valence-electron chi connectivity index (χ1n) is 9.74. The summed E-state index contributed by atoms with van der Waals surface area (Å²) in [6, 6.07) is 2.77. The molecule has 0 radical (unpaired) electrons. The first-order valence-corrected chi connectivity index (χ1v) is 11.4. The van der Waals surface area contributed by atoms with Crippen molar-refractivity contribution in [2.75, 3.05) is 5.32 Å². The molecular weight excluding hydrogens is 439 g/mol. The van der Waals surface area contributed by atoms with Crippen LogP contribution in [0.3, 0.4) is 0 Å². The van der Waals surface area contributed by atoms with Crippen LogP contribution in [0.2, 0.25) is 0 Å². The van der Waals surface area contributed by atoms with Gasteiger partial charge in [-0.15, -0.1) is 11.3 Å². The summed E-state index contributed by atoms with van der Waals surface area (Å²) in [5.41, 5.74) is 0.421. The molecule has 0 atom stereocenters. The maximum Gasteiger partial charge on any atom is 0.329 e. The van der Waals surface area contributed by atoms with Crippen molar-refractivity contribution >= 4 is 35.0 Å². The summed E-state index contributed by atoms with van der Waals surface area (Å²) in [5, 5.41) is 32.1. The average Bonchev–Trinajstić information content (AvgIpc) is 3.09. The van der Waals surface area contributed by atoms with E-state index in [1.165, 1.54) is 17.4 Å². The number of hydrogen-bond donors (Lipinski definition) is 4. The molecule has 1 aromatic carbocycles. The summed E-state index contributed by atoms with van der Waals surface area (Å²) in [6.07, 6.45) is 0. The van der Waals surface area contributed by atoms with Gasteiger partial charge in [-0.2, -0.15) is 5.26 Å². The number of amides is 2. The third-order valence-corrected chi connectivity index (χ3v) is 6.87. The molecule has 10 heteroatoms. The van der Waals surface area contributed by atoms with Gasteiger partial charge in [-0.05, 0) is 37.3 Å². The summed E-state index contributed by atoms with van der Waals surface area (Å²) in [7, 11) is 0. The van der Waals surface area contributed by atoms with Crippen molar-refractivity contribution in [2.45, 2.75) is 69.8 Å². The molecule has 0 aliphatic heterocycles. The van der Waals surface area contributed by atoms with Crippen LogP contribution >= 0.6 is 23.3 Å². The number of halogens is 1. The minimum atomic E-state index is -1.17. The quantitative estimate of drug-likeness (QED) is 0.429. The highest BCUT2D eigenvalue weighted by molar-refractivity contribution is 7.99. The standard InChI is InChI=1S/C21H27FN4O3S2/c1-10(2)13-7-12(8-23)16(22)15(11(3)4)17(13)25-20(28)26-31-18-14(9-27)24-19(30-18)21(5,6)29/h7,10-11,27,29H,9H2,1-6H3,(H2,25,26,28). The maximum atomic E-state index is 14.9. The molecule has 2 aromatic rings. The molecule has 0 aliphatic carbocycles. The van der Waals surface area contributed by atoms with E-state index in [2.05, 4.69) is 15.0 Å². The van der Waals surface area contributed by atoms with Gasteiger partial charge in [0.05, 0.1) is 23.6 Å². The Morgan fingerprint density at radius 3 is 2.48 bits per heavy atom. The molecule has 31 heavy (non-hydrogen) atoms. The van der Waals surface area contributed by atoms with E-state index in [0.29, 0.717) is 26.2 Å². The molecule has 0 aliphatic rings. The number of hydrogen-bond acceptors (Lipinski definition) is 7. The van der Waals surface area contributed by atoms with Gasteiger partial charge in [0.2, 0.25) is 0 Å². The molecule has 2 amide bonds. The van der Waals surface area contributed by atoms with Crippen LogP contribution in [-0.4, -0.2) is 21.2 Å². The topological polar surface area (TPSA) is 118 Å². The number of carbonyl (C=O) groups excluding carboxylic acids is 1. The monoisotopic (exact) mass is 466 g/mol. The molecule has 1 heterocycles. The van der Waals surface area contributed by atoms with E-state index < -0.39 is 17.4 Å². The lowest BCUT2D eigenvalue weighted by Crippen LogP contribution is -2.25. The van der Waals surface area contributed by atoms with Crippen LogP contribution < -0.4 is 10.0 Å². The zero-order valence-electron chi connectivity index (χ0n) is 18.3. The third kappa shape index (κ3) is 5.74. The summed E-state index contributed by atoms with van der Waals surface area (Å²) >= 11 is 2.12. The van der Waals surface area contributed by atoms with Crippen LogP contribution in [0.25, 0.3) is 0 Å². The smallest absolute Gasteiger partial charge is 0.329 e. The van der Waals surface area contributed by atoms with Crippen LogP contribution in [0.15, 0.2) is 10.3 Å². The molecule has 0 saturated heterocycles. The van der Waals surface area contributed by atoms with Gasteiger partial charge in [0.1, 0.15) is 26.7 Å². The van der Waals surface area contributed by atoms with Crippen LogP contribution in [0.4, 0.5) is 14.9 Å². The molecule has 0 spiro atoms. The molecule has 0 saturated carbocycles. The highest BCUT2D eigenvalue weighted by atomic mass is 32.2. The minimum Gasteiger partial charge on any atom is -0.390 e. The van der Waals surface area contributed by atoms with Crippen molar-refractivity contribution < 1.29 is 19.4 Å². The first-order chi connectivity index (χ1) is 14.4. The number of aromatic nitrogens is 1. The van der Waals surface area contributed by atoms with Crippen molar-refractivity contribution in [1.29, 1.82) is 5.26 Å². The second-order valence-electron chi connectivity index (χ2n) is 8.17. The predicted octanol–water partition coefficient (Wildman–Crippen LogP) is 4.95. The fraction of sp³-hybridized carbons (Fsp3) is 0.476. The number of rotatable bonds is 7. The SMILES string of the molecule is CC(C)c1cc(C#N)c(F)c(C(C)C)c1NC(=O)NSc1sc(C(C)(C)O)nc1CO. The van der Waals surface area contributed by atoms with Gasteiger partial charge < -0.3 is 15.5 Å². The lowest BCUT2D eigenvalue weighted by molar-refractivity contribution is 0.0779. The number of carbonyl (C=O) groups is 1. The molecule has 0 fully saturated rings. The Kier molecular flexibility index (Phi) is 8.05. The summed E-state index contributed by atoms with van der Waals surface area (Å²) in [4.78, 5) is 16.9. The van der Waals surface area contributed by atoms with Gasteiger partial charge in [0.25, 0.3) is 0 Å². The Morgan fingerprint density at radius 1 is 1.35 bits per heavy atom. The fourth-order valence-electron chi connectivity index (χ4n) is 2.93. The minimum absolute atomic E-state index is 0.0509. The number of urea groups is 1. The second-order valence-corrected chi connectivity index (χ2v) is 10.2. The Balaban J connectivity index is 2.32. The molecular formula is C21H27FN4O3S2. The van der Waals surface area contributed by atoms with E-state index in [4.69, 9.17) is 0 Å². The Morgan fingerprint density at radius 2 is 2.00 bits per heavy atom. The van der Waals surface area contributed by atoms with E-state index in [9.17, 15) is 24.7 Å². The number of benzene rings is 1. The van der Waals surface area contributed by atoms with E-state index in [1.807, 2.05) is 19.9 Å². The van der Waals surface area contributed by atoms with E-state index in [1.54, 1.807) is 27.7 Å². The molecule has 2 rings (SSSR count). The normalized spacial score (nSPS) is 11.7. The Hall–Kier alpha value is -2.19. The maximum absolute atomic E-state index is 14.9. The van der Waals surface area contributed by atoms with E-state index >= 15 is 0 Å². The molecule has 1 aromatic heterocycles. The molecule has 7 nitrogen and oxygen atoms in total. The van der Waals surface area contributed by atoms with Crippen LogP contribution in [0, 0.1) is 17.1 Å². The zero-order chi connectivity index (χ0) is 23.5. The first kappa shape index (κ1) is 25.1. The molecule has 0 unspecified atom stereocenters. The number of anilines is 1. The zero-order valence-corrected chi connectivity index (χ0v) is 20.0. The molecule has 4 N–H and O–H groups in total. The Labute approximate surface area is 189 Å². The summed E-state index contributed by atoms with van der Waals surface area (Å²) < 4.78 is 18.0. The number of nitrogens with zero attached hydrogens (tertiary/aromatic N) is 2. The van der Waals surface area contributed by atoms with Crippen LogP contribution in [-0.2, 0) is 12.2 Å². The van der Waals surface area contributed by atoms with Crippen molar-refractivity contribution in [2.24, 2.45) is 0 Å². The lowest BCUT2D eigenvalue weighted by atomic mass is 9.90. The molecule has 0 bridgehead atoms. The van der Waals surface area contributed by atoms with E-state index in [0.717, 1.165) is 11.9 Å². The van der Waals surface area contributed by atoms with Crippen LogP contribution in [0.5, 0.6) is 0 Å². The largest absolute Gasteiger partial charge is 0.390 e. The Bertz CT molecular complexity index is 1010. The number of aliphatic hydroxyl groups excluding tert-OH is 1. The predicted molar refractivity (Wildman–Crippen MR) is 121 cm³/mol. The number of nitrogens with one attached hydrogen (secondary N) is 2. The van der Waals surface area contributed by atoms with Crippen LogP contribution in [0.1, 0.15) is 80.8 Å². The van der Waals surface area contributed by atoms with Crippen molar-refractivity contribution in [3.63, 3.8) is 0 Å². The van der Waals surface area contributed by atoms with Gasteiger partial charge in [-0.1, -0.05) is 27.7 Å². The molecule has 168 valence electrons. The number of thiazole rings is 1. The van der Waals surface area contributed by atoms with E-state index in [-0.39, 0.29) is 29.6 Å². The third-order valence-electron chi connectivity index (χ3n) is 4.46. The van der Waals surface area contributed by atoms with Gasteiger partial charge in [0, 0.05) is 17.5 Å². The van der Waals surface area contributed by atoms with Gasteiger partial charge in [-0.25, -0.2) is 14.2 Å².